The van der Waals surface area contributed by atoms with Gasteiger partial charge in [-0.05, 0) is 103 Å². The number of carbonyl (C=O) groups excluding carboxylic acids is 6. The van der Waals surface area contributed by atoms with Crippen molar-refractivity contribution in [2.75, 3.05) is 98.2 Å². The number of unbranched alkanes of at least 4 members (excludes halogenated alkanes) is 55. The number of nitrogens with one attached hydrogen (secondary N) is 6. The standard InChI is InChI=1S/C95H189N9O6/c1-7-13-19-25-31-37-43-49-55-61-72-96-90(105)83-89(84-91(106)97-73-62-56-50-44-38-32-26-20-14-8-2)71-69-80-102(85-92(107)98-74-63-57-51-45-39-33-27-21-15-9-3)78-67-68-79-103(86-93(108)99-75-64-58-52-46-40-34-28-22-16-10-4)81-70-82-104(87-94(109)100-76-65-59-53-47-41-35-29-23-17-11-5)88-95(110)101-77-66-60-54-48-42-36-30-24-18-12-6/h89H,7-88H2,1-6H3,(H,96,105)(H,97,106)(H,98,107)(H,99,108)(H,100,109)(H,101,110). The summed E-state index contributed by atoms with van der Waals surface area (Å²) in [5, 5.41) is 19.4. The highest BCUT2D eigenvalue weighted by Gasteiger charge is 2.21. The van der Waals surface area contributed by atoms with Crippen LogP contribution >= 0.6 is 0 Å². The minimum atomic E-state index is -0.101. The summed E-state index contributed by atoms with van der Waals surface area (Å²) in [7, 11) is 0. The first-order chi connectivity index (χ1) is 54.0. The van der Waals surface area contributed by atoms with Crippen molar-refractivity contribution in [1.29, 1.82) is 0 Å². The van der Waals surface area contributed by atoms with Crippen LogP contribution in [0.3, 0.4) is 0 Å². The summed E-state index contributed by atoms with van der Waals surface area (Å²) in [6.45, 7) is 21.8. The van der Waals surface area contributed by atoms with Crippen LogP contribution in [0.15, 0.2) is 0 Å². The molecular formula is C95H189N9O6. The molecular weight excluding hydrogens is 1360 g/mol. The second-order valence-corrected chi connectivity index (χ2v) is 33.9. The topological polar surface area (TPSA) is 184 Å². The van der Waals surface area contributed by atoms with Gasteiger partial charge in [0.2, 0.25) is 35.4 Å². The molecule has 6 amide bonds. The van der Waals surface area contributed by atoms with E-state index in [9.17, 15) is 28.8 Å². The Morgan fingerprint density at radius 2 is 0.345 bits per heavy atom. The lowest BCUT2D eigenvalue weighted by atomic mass is 9.94. The first kappa shape index (κ1) is 107. The molecule has 0 aromatic heterocycles. The van der Waals surface area contributed by atoms with Gasteiger partial charge in [0.05, 0.1) is 26.2 Å². The van der Waals surface area contributed by atoms with Crippen LogP contribution in [0.5, 0.6) is 0 Å². The van der Waals surface area contributed by atoms with E-state index in [2.05, 4.69) is 83.2 Å². The Kier molecular flexibility index (Phi) is 85.4. The van der Waals surface area contributed by atoms with Crippen molar-refractivity contribution in [2.45, 2.75) is 472 Å². The number of hydrogen-bond acceptors (Lipinski definition) is 9. The van der Waals surface area contributed by atoms with Crippen LogP contribution in [0.1, 0.15) is 472 Å². The van der Waals surface area contributed by atoms with Gasteiger partial charge in [-0.25, -0.2) is 0 Å². The van der Waals surface area contributed by atoms with Crippen LogP contribution in [-0.4, -0.2) is 148 Å². The molecule has 0 aromatic rings. The fourth-order valence-electron chi connectivity index (χ4n) is 15.6. The number of carbonyl (C=O) groups is 6. The van der Waals surface area contributed by atoms with Crippen molar-refractivity contribution < 1.29 is 28.8 Å². The van der Waals surface area contributed by atoms with Gasteiger partial charge < -0.3 is 31.9 Å². The first-order valence-electron chi connectivity index (χ1n) is 48.8. The lowest BCUT2D eigenvalue weighted by molar-refractivity contribution is -0.126. The maximum atomic E-state index is 13.9. The first-order valence-corrected chi connectivity index (χ1v) is 48.8. The highest BCUT2D eigenvalue weighted by Crippen LogP contribution is 2.20. The minimum absolute atomic E-state index is 0.0296. The van der Waals surface area contributed by atoms with Crippen molar-refractivity contribution in [3.05, 3.63) is 0 Å². The van der Waals surface area contributed by atoms with Crippen molar-refractivity contribution in [3.8, 4) is 0 Å². The molecule has 0 aliphatic rings. The van der Waals surface area contributed by atoms with Crippen LogP contribution in [0, 0.1) is 5.92 Å². The predicted octanol–water partition coefficient (Wildman–Crippen LogP) is 23.5. The van der Waals surface area contributed by atoms with Gasteiger partial charge in [-0.1, -0.05) is 388 Å². The van der Waals surface area contributed by atoms with Gasteiger partial charge in [-0.15, -0.1) is 0 Å². The second-order valence-electron chi connectivity index (χ2n) is 33.9. The molecule has 0 saturated carbocycles. The molecule has 0 rings (SSSR count). The number of amides is 6. The van der Waals surface area contributed by atoms with Crippen molar-refractivity contribution in [1.82, 2.24) is 46.6 Å². The average molecular weight is 1550 g/mol. The third kappa shape index (κ3) is 81.3. The lowest BCUT2D eigenvalue weighted by Gasteiger charge is -2.26. The Balaban J connectivity index is 6.45. The van der Waals surface area contributed by atoms with E-state index in [-0.39, 0.29) is 61.0 Å². The maximum Gasteiger partial charge on any atom is 0.234 e. The Morgan fingerprint density at radius 3 is 0.564 bits per heavy atom. The summed E-state index contributed by atoms with van der Waals surface area (Å²) in [6.07, 6.45) is 79.2. The third-order valence-electron chi connectivity index (χ3n) is 22.8. The van der Waals surface area contributed by atoms with Crippen LogP contribution in [0.2, 0.25) is 0 Å². The molecule has 0 heterocycles. The van der Waals surface area contributed by atoms with E-state index in [0.717, 1.165) is 103 Å². The normalized spacial score (nSPS) is 11.6. The lowest BCUT2D eigenvalue weighted by Crippen LogP contribution is -2.44. The van der Waals surface area contributed by atoms with Gasteiger partial charge in [0.1, 0.15) is 0 Å². The molecule has 0 aromatic carbocycles. The van der Waals surface area contributed by atoms with Crippen molar-refractivity contribution in [2.24, 2.45) is 5.92 Å². The van der Waals surface area contributed by atoms with Crippen LogP contribution in [0.4, 0.5) is 0 Å². The summed E-state index contributed by atoms with van der Waals surface area (Å²) in [4.78, 5) is 89.1. The van der Waals surface area contributed by atoms with Gasteiger partial charge in [-0.2, -0.15) is 0 Å². The monoisotopic (exact) mass is 1550 g/mol. The summed E-state index contributed by atoms with van der Waals surface area (Å²) in [5.41, 5.74) is 0. The smallest absolute Gasteiger partial charge is 0.234 e. The van der Waals surface area contributed by atoms with E-state index < -0.39 is 0 Å². The third-order valence-corrected chi connectivity index (χ3v) is 22.8. The minimum Gasteiger partial charge on any atom is -0.356 e. The molecule has 6 N–H and O–H groups in total. The van der Waals surface area contributed by atoms with Gasteiger partial charge >= 0.3 is 0 Å². The molecule has 650 valence electrons. The summed E-state index contributed by atoms with van der Waals surface area (Å²) < 4.78 is 0. The zero-order valence-corrected chi connectivity index (χ0v) is 74.4. The van der Waals surface area contributed by atoms with Crippen molar-refractivity contribution >= 4 is 35.4 Å². The SMILES string of the molecule is CCCCCCCCCCCCNC(=O)CC(CCCN(CCCCN(CCCN(CC(=O)NCCCCCCCCCCCC)CC(=O)NCCCCCCCCCCCC)CC(=O)NCCCCCCCCCCCC)CC(=O)NCCCCCCCCCCCC)CC(=O)NCCCCCCCCCCCC. The van der Waals surface area contributed by atoms with E-state index in [4.69, 9.17) is 0 Å². The molecule has 0 bridgehead atoms. The van der Waals surface area contributed by atoms with Gasteiger partial charge in [0, 0.05) is 58.7 Å². The molecule has 0 aliphatic heterocycles. The molecule has 0 fully saturated rings. The molecule has 0 spiro atoms. The van der Waals surface area contributed by atoms with Crippen LogP contribution < -0.4 is 31.9 Å². The van der Waals surface area contributed by atoms with Gasteiger partial charge in [0.25, 0.3) is 0 Å². The summed E-state index contributed by atoms with van der Waals surface area (Å²) in [5.74, 6) is -0.0506. The maximum absolute atomic E-state index is 13.9. The zero-order valence-electron chi connectivity index (χ0n) is 74.4. The quantitative estimate of drug-likeness (QED) is 0.0323. The summed E-state index contributed by atoms with van der Waals surface area (Å²) in [6, 6.07) is 0. The molecule has 0 aliphatic carbocycles. The van der Waals surface area contributed by atoms with Gasteiger partial charge in [-0.3, -0.25) is 43.5 Å². The second kappa shape index (κ2) is 88.1. The highest BCUT2D eigenvalue weighted by molar-refractivity contribution is 5.81. The van der Waals surface area contributed by atoms with Crippen molar-refractivity contribution in [3.63, 3.8) is 0 Å². The van der Waals surface area contributed by atoms with Crippen LogP contribution in [-0.2, 0) is 28.8 Å². The molecule has 0 saturated heterocycles. The van der Waals surface area contributed by atoms with E-state index in [0.29, 0.717) is 97.8 Å². The Hall–Kier alpha value is -3.30. The highest BCUT2D eigenvalue weighted by atomic mass is 16.2. The molecule has 15 nitrogen and oxygen atoms in total. The Morgan fingerprint density at radius 1 is 0.182 bits per heavy atom. The molecule has 110 heavy (non-hydrogen) atoms. The fourth-order valence-corrected chi connectivity index (χ4v) is 15.6. The van der Waals surface area contributed by atoms with E-state index in [1.54, 1.807) is 0 Å². The Bertz CT molecular complexity index is 1770. The van der Waals surface area contributed by atoms with E-state index in [1.807, 2.05) is 4.90 Å². The van der Waals surface area contributed by atoms with E-state index in [1.165, 1.54) is 308 Å². The van der Waals surface area contributed by atoms with Gasteiger partial charge in [0.15, 0.2) is 0 Å². The largest absolute Gasteiger partial charge is 0.356 e. The predicted molar refractivity (Wildman–Crippen MR) is 474 cm³/mol. The molecule has 15 heteroatoms. The molecule has 0 unspecified atom stereocenters. The Labute approximate surface area is 683 Å². The number of nitrogens with zero attached hydrogens (tertiary/aromatic N) is 3. The fraction of sp³-hybridized carbons (Fsp3) is 0.937. The van der Waals surface area contributed by atoms with E-state index >= 15 is 0 Å². The number of hydrogen-bond donors (Lipinski definition) is 6. The van der Waals surface area contributed by atoms with Crippen LogP contribution in [0.25, 0.3) is 0 Å². The summed E-state index contributed by atoms with van der Waals surface area (Å²) >= 11 is 0. The average Bonchev–Trinajstić information content (AvgIpc) is 0.936. The molecule has 0 radical (unpaired) electrons. The number of rotatable bonds is 91. The molecule has 0 atom stereocenters. The zero-order chi connectivity index (χ0) is 80.0.